The number of benzene rings is 1. The fourth-order valence-corrected chi connectivity index (χ4v) is 2.36. The molecule has 2 rings (SSSR count). The highest BCUT2D eigenvalue weighted by Crippen LogP contribution is 2.18. The Morgan fingerprint density at radius 2 is 2.12 bits per heavy atom. The SMILES string of the molecule is CCn1nc(C(C)C)cc1C(=O)NCc1ccccc1OCCO. The minimum atomic E-state index is -0.159. The van der Waals surface area contributed by atoms with E-state index < -0.39 is 0 Å². The molecule has 0 saturated carbocycles. The maximum Gasteiger partial charge on any atom is 0.269 e. The molecule has 0 fully saturated rings. The first kappa shape index (κ1) is 18.0. The summed E-state index contributed by atoms with van der Waals surface area (Å²) in [6, 6.07) is 9.31. The summed E-state index contributed by atoms with van der Waals surface area (Å²) in [6.45, 7) is 7.25. The zero-order chi connectivity index (χ0) is 17.5. The first-order valence-electron chi connectivity index (χ1n) is 8.24. The second kappa shape index (κ2) is 8.49. The summed E-state index contributed by atoms with van der Waals surface area (Å²) in [4.78, 5) is 12.5. The Balaban J connectivity index is 2.08. The molecular formula is C18H25N3O3. The van der Waals surface area contributed by atoms with Crippen molar-refractivity contribution >= 4 is 5.91 Å². The minimum absolute atomic E-state index is 0.0473. The molecule has 0 saturated heterocycles. The Morgan fingerprint density at radius 3 is 2.79 bits per heavy atom. The minimum Gasteiger partial charge on any atom is -0.491 e. The highest BCUT2D eigenvalue weighted by Gasteiger charge is 2.16. The quantitative estimate of drug-likeness (QED) is 0.778. The Hall–Kier alpha value is -2.34. The van der Waals surface area contributed by atoms with Gasteiger partial charge in [-0.1, -0.05) is 32.0 Å². The van der Waals surface area contributed by atoms with Crippen LogP contribution in [-0.4, -0.2) is 34.0 Å². The number of rotatable bonds is 8. The van der Waals surface area contributed by atoms with Gasteiger partial charge >= 0.3 is 0 Å². The maximum absolute atomic E-state index is 12.5. The number of amides is 1. The predicted octanol–water partition coefficient (Wildman–Crippen LogP) is 2.33. The van der Waals surface area contributed by atoms with Crippen LogP contribution in [0.5, 0.6) is 5.75 Å². The van der Waals surface area contributed by atoms with Crippen molar-refractivity contribution in [2.75, 3.05) is 13.2 Å². The van der Waals surface area contributed by atoms with Gasteiger partial charge in [0.2, 0.25) is 0 Å². The first-order valence-corrected chi connectivity index (χ1v) is 8.24. The lowest BCUT2D eigenvalue weighted by Crippen LogP contribution is -2.26. The second-order valence-corrected chi connectivity index (χ2v) is 5.79. The summed E-state index contributed by atoms with van der Waals surface area (Å²) in [5.74, 6) is 0.781. The monoisotopic (exact) mass is 331 g/mol. The van der Waals surface area contributed by atoms with E-state index in [2.05, 4.69) is 24.3 Å². The highest BCUT2D eigenvalue weighted by atomic mass is 16.5. The number of carbonyl (C=O) groups excluding carboxylic acids is 1. The zero-order valence-electron chi connectivity index (χ0n) is 14.5. The van der Waals surface area contributed by atoms with Crippen LogP contribution in [0.2, 0.25) is 0 Å². The number of aromatic nitrogens is 2. The number of nitrogens with zero attached hydrogens (tertiary/aromatic N) is 2. The Bertz CT molecular complexity index is 680. The molecule has 1 aromatic heterocycles. The molecule has 1 amide bonds. The van der Waals surface area contributed by atoms with E-state index in [0.29, 0.717) is 24.5 Å². The van der Waals surface area contributed by atoms with Crippen molar-refractivity contribution in [1.82, 2.24) is 15.1 Å². The van der Waals surface area contributed by atoms with Crippen molar-refractivity contribution in [1.29, 1.82) is 0 Å². The van der Waals surface area contributed by atoms with Gasteiger partial charge in [0.1, 0.15) is 18.1 Å². The number of hydrogen-bond donors (Lipinski definition) is 2. The van der Waals surface area contributed by atoms with Crippen molar-refractivity contribution in [3.63, 3.8) is 0 Å². The Kier molecular flexibility index (Phi) is 6.37. The van der Waals surface area contributed by atoms with Crippen LogP contribution in [0, 0.1) is 0 Å². The molecule has 0 aliphatic heterocycles. The molecule has 0 unspecified atom stereocenters. The van der Waals surface area contributed by atoms with E-state index >= 15 is 0 Å². The van der Waals surface area contributed by atoms with Crippen LogP contribution in [-0.2, 0) is 13.1 Å². The van der Waals surface area contributed by atoms with Crippen molar-refractivity contribution in [3.05, 3.63) is 47.3 Å². The topological polar surface area (TPSA) is 76.4 Å². The zero-order valence-corrected chi connectivity index (χ0v) is 14.5. The van der Waals surface area contributed by atoms with Crippen LogP contribution in [0.3, 0.4) is 0 Å². The fraction of sp³-hybridized carbons (Fsp3) is 0.444. The number of aliphatic hydroxyl groups is 1. The molecule has 0 radical (unpaired) electrons. The van der Waals surface area contributed by atoms with E-state index in [1.807, 2.05) is 37.3 Å². The van der Waals surface area contributed by atoms with Crippen LogP contribution < -0.4 is 10.1 Å². The molecular weight excluding hydrogens is 306 g/mol. The number of hydrogen-bond acceptors (Lipinski definition) is 4. The molecule has 0 aliphatic rings. The molecule has 2 aromatic rings. The van der Waals surface area contributed by atoms with Crippen LogP contribution in [0.25, 0.3) is 0 Å². The van der Waals surface area contributed by atoms with Crippen molar-refractivity contribution in [2.24, 2.45) is 0 Å². The molecule has 130 valence electrons. The van der Waals surface area contributed by atoms with Crippen molar-refractivity contribution in [3.8, 4) is 5.75 Å². The molecule has 0 atom stereocenters. The highest BCUT2D eigenvalue weighted by molar-refractivity contribution is 5.92. The van der Waals surface area contributed by atoms with Gasteiger partial charge in [-0.25, -0.2) is 0 Å². The number of para-hydroxylation sites is 1. The molecule has 1 heterocycles. The number of aryl methyl sites for hydroxylation is 1. The van der Waals surface area contributed by atoms with Crippen LogP contribution in [0.15, 0.2) is 30.3 Å². The summed E-state index contributed by atoms with van der Waals surface area (Å²) in [6.07, 6.45) is 0. The Morgan fingerprint density at radius 1 is 1.38 bits per heavy atom. The van der Waals surface area contributed by atoms with Gasteiger partial charge in [0, 0.05) is 18.7 Å². The number of ether oxygens (including phenoxy) is 1. The van der Waals surface area contributed by atoms with Gasteiger partial charge in [-0.05, 0) is 25.0 Å². The smallest absolute Gasteiger partial charge is 0.269 e. The molecule has 24 heavy (non-hydrogen) atoms. The van der Waals surface area contributed by atoms with Gasteiger partial charge in [-0.3, -0.25) is 9.48 Å². The average molecular weight is 331 g/mol. The first-order chi connectivity index (χ1) is 11.6. The van der Waals surface area contributed by atoms with Gasteiger partial charge in [0.25, 0.3) is 5.91 Å². The van der Waals surface area contributed by atoms with E-state index in [0.717, 1.165) is 11.3 Å². The Labute approximate surface area is 142 Å². The summed E-state index contributed by atoms with van der Waals surface area (Å²) in [5.41, 5.74) is 2.34. The molecule has 6 heteroatoms. The molecule has 2 N–H and O–H groups in total. The average Bonchev–Trinajstić information content (AvgIpc) is 3.03. The number of aliphatic hydroxyl groups excluding tert-OH is 1. The lowest BCUT2D eigenvalue weighted by molar-refractivity contribution is 0.0939. The second-order valence-electron chi connectivity index (χ2n) is 5.79. The molecule has 1 aromatic carbocycles. The van der Waals surface area contributed by atoms with Crippen LogP contribution in [0.4, 0.5) is 0 Å². The van der Waals surface area contributed by atoms with Gasteiger partial charge < -0.3 is 15.2 Å². The van der Waals surface area contributed by atoms with Crippen molar-refractivity contribution < 1.29 is 14.6 Å². The van der Waals surface area contributed by atoms with E-state index in [9.17, 15) is 4.79 Å². The number of nitrogens with one attached hydrogen (secondary N) is 1. The lowest BCUT2D eigenvalue weighted by Gasteiger charge is -2.11. The summed E-state index contributed by atoms with van der Waals surface area (Å²) >= 11 is 0. The summed E-state index contributed by atoms with van der Waals surface area (Å²) < 4.78 is 7.21. The van der Waals surface area contributed by atoms with Crippen molar-refractivity contribution in [2.45, 2.75) is 39.8 Å². The van der Waals surface area contributed by atoms with Crippen LogP contribution in [0.1, 0.15) is 48.4 Å². The molecule has 0 spiro atoms. The largest absolute Gasteiger partial charge is 0.491 e. The third kappa shape index (κ3) is 4.35. The van der Waals surface area contributed by atoms with Gasteiger partial charge in [-0.15, -0.1) is 0 Å². The predicted molar refractivity (Wildman–Crippen MR) is 92.2 cm³/mol. The van der Waals surface area contributed by atoms with E-state index in [1.54, 1.807) is 4.68 Å². The lowest BCUT2D eigenvalue weighted by atomic mass is 10.1. The van der Waals surface area contributed by atoms with Gasteiger partial charge in [0.05, 0.1) is 12.3 Å². The maximum atomic E-state index is 12.5. The van der Waals surface area contributed by atoms with E-state index in [1.165, 1.54) is 0 Å². The third-order valence-electron chi connectivity index (χ3n) is 3.68. The number of carbonyl (C=O) groups is 1. The molecule has 0 aliphatic carbocycles. The molecule has 6 nitrogen and oxygen atoms in total. The van der Waals surface area contributed by atoms with Crippen LogP contribution >= 0.6 is 0 Å². The third-order valence-corrected chi connectivity index (χ3v) is 3.68. The molecule has 0 bridgehead atoms. The van der Waals surface area contributed by atoms with Gasteiger partial charge in [-0.2, -0.15) is 5.10 Å². The normalized spacial score (nSPS) is 10.9. The summed E-state index contributed by atoms with van der Waals surface area (Å²) in [5, 5.41) is 16.3. The standard InChI is InChI=1S/C18H25N3O3/c1-4-21-16(11-15(20-21)13(2)3)18(23)19-12-14-7-5-6-8-17(14)24-10-9-22/h5-8,11,13,22H,4,9-10,12H2,1-3H3,(H,19,23). The van der Waals surface area contributed by atoms with E-state index in [4.69, 9.17) is 9.84 Å². The van der Waals surface area contributed by atoms with E-state index in [-0.39, 0.29) is 25.0 Å². The summed E-state index contributed by atoms with van der Waals surface area (Å²) in [7, 11) is 0. The van der Waals surface area contributed by atoms with Gasteiger partial charge in [0.15, 0.2) is 0 Å². The fourth-order valence-electron chi connectivity index (χ4n) is 2.36.